The van der Waals surface area contributed by atoms with Crippen LogP contribution in [0.5, 0.6) is 0 Å². The predicted octanol–water partition coefficient (Wildman–Crippen LogP) is 21.1. The van der Waals surface area contributed by atoms with Crippen molar-refractivity contribution in [3.63, 3.8) is 0 Å². The molecule has 0 saturated carbocycles. The molecule has 0 aromatic rings. The molecule has 102 heavy (non-hydrogen) atoms. The first-order chi connectivity index (χ1) is 50.1. The van der Waals surface area contributed by atoms with Crippen LogP contribution in [0.15, 0.2) is 36.5 Å². The third kappa shape index (κ3) is 53.9. The second kappa shape index (κ2) is 72.1. The topological polar surface area (TPSA) is 228 Å². The summed E-state index contributed by atoms with van der Waals surface area (Å²) in [6.07, 6.45) is 79.9. The highest BCUT2D eigenvalue weighted by molar-refractivity contribution is 5.76. The molecule has 0 aromatic carbocycles. The number of nitrogens with one attached hydrogen (secondary N) is 1. The van der Waals surface area contributed by atoms with Crippen molar-refractivity contribution in [2.75, 3.05) is 19.8 Å². The third-order valence-electron chi connectivity index (χ3n) is 21.8. The summed E-state index contributed by atoms with van der Waals surface area (Å²) in [6, 6.07) is -0.939. The second-order valence-electron chi connectivity index (χ2n) is 31.4. The molecule has 0 radical (unpaired) electrons. The van der Waals surface area contributed by atoms with E-state index in [2.05, 4.69) is 43.5 Å². The Morgan fingerprint density at radius 2 is 0.627 bits per heavy atom. The van der Waals surface area contributed by atoms with E-state index in [-0.39, 0.29) is 18.9 Å². The first-order valence-corrected chi connectivity index (χ1v) is 44.2. The van der Waals surface area contributed by atoms with Crippen molar-refractivity contribution in [3.05, 3.63) is 36.5 Å². The number of ether oxygens (including phenoxy) is 4. The number of aliphatic hydroxyl groups is 8. The van der Waals surface area contributed by atoms with Crippen molar-refractivity contribution in [1.29, 1.82) is 0 Å². The van der Waals surface area contributed by atoms with Crippen LogP contribution >= 0.6 is 0 Å². The Morgan fingerprint density at radius 3 is 0.961 bits per heavy atom. The van der Waals surface area contributed by atoms with Crippen LogP contribution in [-0.4, -0.2) is 140 Å². The number of rotatable bonds is 76. The maximum atomic E-state index is 13.4. The minimum atomic E-state index is -1.79. The molecule has 2 rings (SSSR count). The zero-order valence-electron chi connectivity index (χ0n) is 66.4. The fourth-order valence-corrected chi connectivity index (χ4v) is 14.9. The summed E-state index contributed by atoms with van der Waals surface area (Å²) in [6.45, 7) is 2.85. The van der Waals surface area contributed by atoms with Crippen LogP contribution in [0, 0.1) is 0 Å². The van der Waals surface area contributed by atoms with Gasteiger partial charge in [0, 0.05) is 6.42 Å². The van der Waals surface area contributed by atoms with E-state index in [9.17, 15) is 45.6 Å². The average molecular weight is 1450 g/mol. The minimum absolute atomic E-state index is 0.244. The Morgan fingerprint density at radius 1 is 0.343 bits per heavy atom. The molecule has 0 aromatic heterocycles. The number of carbonyl (C=O) groups excluding carboxylic acids is 1. The van der Waals surface area contributed by atoms with Crippen LogP contribution in [0.25, 0.3) is 0 Å². The predicted molar refractivity (Wildman–Crippen MR) is 425 cm³/mol. The Bertz CT molecular complexity index is 1850. The first-order valence-electron chi connectivity index (χ1n) is 44.2. The molecule has 0 aliphatic carbocycles. The van der Waals surface area contributed by atoms with Gasteiger partial charge in [0.15, 0.2) is 12.6 Å². The highest BCUT2D eigenvalue weighted by Gasteiger charge is 2.51. The van der Waals surface area contributed by atoms with Crippen LogP contribution in [-0.2, 0) is 23.7 Å². The van der Waals surface area contributed by atoms with Gasteiger partial charge < -0.3 is 65.1 Å². The lowest BCUT2D eigenvalue weighted by atomic mass is 9.97. The summed E-state index contributed by atoms with van der Waals surface area (Å²) >= 11 is 0. The molecule has 2 fully saturated rings. The number of carbonyl (C=O) groups is 1. The van der Waals surface area contributed by atoms with Gasteiger partial charge in [-0.2, -0.15) is 0 Å². The van der Waals surface area contributed by atoms with Gasteiger partial charge in [0.1, 0.15) is 48.8 Å². The van der Waals surface area contributed by atoms with Gasteiger partial charge in [-0.15, -0.1) is 0 Å². The molecule has 14 heteroatoms. The number of aliphatic hydroxyl groups excluding tert-OH is 8. The Balaban J connectivity index is 1.58. The average Bonchev–Trinajstić information content (AvgIpc) is 0.791. The lowest BCUT2D eigenvalue weighted by Crippen LogP contribution is -2.65. The minimum Gasteiger partial charge on any atom is -0.394 e. The van der Waals surface area contributed by atoms with E-state index >= 15 is 0 Å². The SMILES string of the molecule is CCCCCCCCCCCCCCCCCCCCCC/C=C/CC/C=C/CC/C=C/C(O)C(COC1OC(CO)C(OC2OC(CO)C(O)C(O)C2O)C(O)C1O)NC(=O)CCCCCCCCCCCCCCCCCCCCCCCCCCCCCCCCCCCCCCCC. The van der Waals surface area contributed by atoms with Gasteiger partial charge in [-0.25, -0.2) is 0 Å². The zero-order chi connectivity index (χ0) is 73.7. The van der Waals surface area contributed by atoms with E-state index in [1.807, 2.05) is 6.08 Å². The van der Waals surface area contributed by atoms with Gasteiger partial charge in [-0.3, -0.25) is 4.79 Å². The maximum absolute atomic E-state index is 13.4. The fourth-order valence-electron chi connectivity index (χ4n) is 14.9. The summed E-state index contributed by atoms with van der Waals surface area (Å²) in [5.41, 5.74) is 0. The summed E-state index contributed by atoms with van der Waals surface area (Å²) in [5.74, 6) is -0.244. The van der Waals surface area contributed by atoms with Crippen LogP contribution in [0.2, 0.25) is 0 Å². The molecule has 12 atom stereocenters. The lowest BCUT2D eigenvalue weighted by molar-refractivity contribution is -0.359. The molecule has 2 aliphatic heterocycles. The highest BCUT2D eigenvalue weighted by Crippen LogP contribution is 2.31. The smallest absolute Gasteiger partial charge is 0.220 e. The second-order valence-corrected chi connectivity index (χ2v) is 31.4. The summed E-state index contributed by atoms with van der Waals surface area (Å²) < 4.78 is 22.9. The molecule has 12 unspecified atom stereocenters. The summed E-state index contributed by atoms with van der Waals surface area (Å²) in [4.78, 5) is 13.4. The standard InChI is InChI=1S/C88H167NO13/c1-3-5-7-9-11-13-15-17-19-21-23-25-27-29-31-33-35-36-37-38-39-40-41-42-44-46-48-50-52-54-56-58-60-62-64-66-68-70-72-80(93)89-76(75-99-87-85(98)83(96)86(79(74-91)101-87)102-88-84(97)82(95)81(94)78(73-90)100-88)77(92)71-69-67-65-63-61-59-57-55-53-51-49-47-45-43-34-32-30-28-26-24-22-20-18-16-14-12-10-8-6-4-2/h53,55,61,63,69,71,76-79,81-88,90-92,94-98H,3-52,54,56-60,62,64-68,70,72-75H2,1-2H3,(H,89,93)/b55-53+,63-61+,71-69+. The van der Waals surface area contributed by atoms with Gasteiger partial charge in [-0.05, 0) is 44.9 Å². The van der Waals surface area contributed by atoms with E-state index in [0.29, 0.717) is 12.8 Å². The Kier molecular flexibility index (Phi) is 68.1. The van der Waals surface area contributed by atoms with Gasteiger partial charge >= 0.3 is 0 Å². The van der Waals surface area contributed by atoms with E-state index in [1.165, 1.54) is 347 Å². The number of unbranched alkanes of at least 4 members (excludes halogenated alkanes) is 59. The normalized spacial score (nSPS) is 21.7. The maximum Gasteiger partial charge on any atom is 0.220 e. The van der Waals surface area contributed by atoms with Gasteiger partial charge in [0.25, 0.3) is 0 Å². The Labute approximate surface area is 627 Å². The lowest BCUT2D eigenvalue weighted by Gasteiger charge is -2.46. The van der Waals surface area contributed by atoms with Gasteiger partial charge in [-0.1, -0.05) is 410 Å². The monoisotopic (exact) mass is 1450 g/mol. The van der Waals surface area contributed by atoms with E-state index in [1.54, 1.807) is 6.08 Å². The molecule has 0 spiro atoms. The number of amides is 1. The fraction of sp³-hybridized carbons (Fsp3) is 0.920. The summed E-state index contributed by atoms with van der Waals surface area (Å²) in [7, 11) is 0. The summed E-state index contributed by atoms with van der Waals surface area (Å²) in [5, 5.41) is 87.8. The molecule has 2 aliphatic rings. The zero-order valence-corrected chi connectivity index (χ0v) is 66.4. The van der Waals surface area contributed by atoms with E-state index < -0.39 is 86.8 Å². The molecule has 14 nitrogen and oxygen atoms in total. The van der Waals surface area contributed by atoms with E-state index in [0.717, 1.165) is 44.9 Å². The molecule has 2 heterocycles. The largest absolute Gasteiger partial charge is 0.394 e. The molecular weight excluding hydrogens is 1280 g/mol. The van der Waals surface area contributed by atoms with E-state index in [4.69, 9.17) is 18.9 Å². The van der Waals surface area contributed by atoms with Crippen molar-refractivity contribution in [1.82, 2.24) is 5.32 Å². The van der Waals surface area contributed by atoms with Crippen molar-refractivity contribution in [3.8, 4) is 0 Å². The quantitative estimate of drug-likeness (QED) is 0.0204. The highest BCUT2D eigenvalue weighted by atomic mass is 16.7. The molecule has 0 bridgehead atoms. The van der Waals surface area contributed by atoms with Crippen LogP contribution < -0.4 is 5.32 Å². The van der Waals surface area contributed by atoms with Crippen LogP contribution in [0.1, 0.15) is 425 Å². The molecule has 1 amide bonds. The van der Waals surface area contributed by atoms with Crippen molar-refractivity contribution >= 4 is 5.91 Å². The molecule has 9 N–H and O–H groups in total. The van der Waals surface area contributed by atoms with Crippen molar-refractivity contribution in [2.24, 2.45) is 0 Å². The van der Waals surface area contributed by atoms with Gasteiger partial charge in [0.05, 0.1) is 32.0 Å². The van der Waals surface area contributed by atoms with Crippen LogP contribution in [0.3, 0.4) is 0 Å². The number of allylic oxidation sites excluding steroid dienone is 5. The van der Waals surface area contributed by atoms with Gasteiger partial charge in [0.2, 0.25) is 5.91 Å². The van der Waals surface area contributed by atoms with Crippen molar-refractivity contribution < 1.29 is 64.6 Å². The number of hydrogen-bond donors (Lipinski definition) is 9. The Hall–Kier alpha value is -1.79. The van der Waals surface area contributed by atoms with Crippen molar-refractivity contribution in [2.45, 2.75) is 498 Å². The molecule has 602 valence electrons. The molecular formula is C88H167NO13. The molecule has 2 saturated heterocycles. The first kappa shape index (κ1) is 96.3. The van der Waals surface area contributed by atoms with Crippen LogP contribution in [0.4, 0.5) is 0 Å². The number of hydrogen-bond acceptors (Lipinski definition) is 13. The third-order valence-corrected chi connectivity index (χ3v) is 21.8.